The predicted molar refractivity (Wildman–Crippen MR) is 37.2 cm³/mol. The number of carbonyl (C=O) groups is 1. The van der Waals surface area contributed by atoms with Crippen LogP contribution in [0.25, 0.3) is 0 Å². The fraction of sp³-hybridized carbons (Fsp3) is 0.625. The standard InChI is InChI=1S/C8H12O/c1-7-4-2-3-5-8(7)6-9/h6H,2-5H2,1H3. The molecule has 0 saturated heterocycles. The van der Waals surface area contributed by atoms with Crippen molar-refractivity contribution in [2.45, 2.75) is 32.6 Å². The van der Waals surface area contributed by atoms with Crippen molar-refractivity contribution in [1.29, 1.82) is 0 Å². The van der Waals surface area contributed by atoms with Crippen molar-refractivity contribution in [1.82, 2.24) is 0 Å². The predicted octanol–water partition coefficient (Wildman–Crippen LogP) is 2.08. The smallest absolute Gasteiger partial charge is 0.145 e. The fourth-order valence-electron chi connectivity index (χ4n) is 1.24. The van der Waals surface area contributed by atoms with Crippen LogP contribution in [0.1, 0.15) is 32.6 Å². The summed E-state index contributed by atoms with van der Waals surface area (Å²) in [5.74, 6) is 0. The molecular formula is C8H12O. The lowest BCUT2D eigenvalue weighted by atomic mass is 9.94. The normalized spacial score (nSPS) is 20.1. The summed E-state index contributed by atoms with van der Waals surface area (Å²) in [4.78, 5) is 10.3. The maximum absolute atomic E-state index is 10.3. The van der Waals surface area contributed by atoms with Crippen molar-refractivity contribution in [3.63, 3.8) is 0 Å². The zero-order chi connectivity index (χ0) is 6.69. The van der Waals surface area contributed by atoms with Crippen molar-refractivity contribution in [2.75, 3.05) is 0 Å². The molecule has 0 amide bonds. The first-order valence-corrected chi connectivity index (χ1v) is 3.48. The molecule has 0 heterocycles. The summed E-state index contributed by atoms with van der Waals surface area (Å²) in [6.45, 7) is 2.06. The van der Waals surface area contributed by atoms with Gasteiger partial charge in [0.1, 0.15) is 6.29 Å². The zero-order valence-electron chi connectivity index (χ0n) is 5.81. The van der Waals surface area contributed by atoms with Crippen molar-refractivity contribution in [3.8, 4) is 0 Å². The minimum absolute atomic E-state index is 1.01. The van der Waals surface area contributed by atoms with Gasteiger partial charge in [0.05, 0.1) is 0 Å². The average Bonchev–Trinajstić information content (AvgIpc) is 1.89. The van der Waals surface area contributed by atoms with E-state index >= 15 is 0 Å². The van der Waals surface area contributed by atoms with Crippen LogP contribution >= 0.6 is 0 Å². The molecule has 0 fully saturated rings. The molecule has 0 aromatic rings. The molecule has 0 aromatic heterocycles. The van der Waals surface area contributed by atoms with Gasteiger partial charge in [-0.05, 0) is 38.2 Å². The molecule has 0 unspecified atom stereocenters. The maximum atomic E-state index is 10.3. The topological polar surface area (TPSA) is 17.1 Å². The van der Waals surface area contributed by atoms with Gasteiger partial charge in [0.2, 0.25) is 0 Å². The molecule has 1 aliphatic carbocycles. The Balaban J connectivity index is 2.70. The monoisotopic (exact) mass is 124 g/mol. The highest BCUT2D eigenvalue weighted by atomic mass is 16.1. The van der Waals surface area contributed by atoms with Crippen molar-refractivity contribution >= 4 is 6.29 Å². The Morgan fingerprint density at radius 3 is 2.44 bits per heavy atom. The highest BCUT2D eigenvalue weighted by Gasteiger charge is 2.06. The third-order valence-corrected chi connectivity index (χ3v) is 1.94. The molecule has 0 radical (unpaired) electrons. The summed E-state index contributed by atoms with van der Waals surface area (Å²) < 4.78 is 0. The second-order valence-corrected chi connectivity index (χ2v) is 2.63. The van der Waals surface area contributed by atoms with Gasteiger partial charge in [-0.2, -0.15) is 0 Å². The highest BCUT2D eigenvalue weighted by Crippen LogP contribution is 2.21. The van der Waals surface area contributed by atoms with Crippen molar-refractivity contribution < 1.29 is 4.79 Å². The van der Waals surface area contributed by atoms with Gasteiger partial charge in [-0.25, -0.2) is 0 Å². The number of carbonyl (C=O) groups excluding carboxylic acids is 1. The van der Waals surface area contributed by atoms with E-state index in [1.54, 1.807) is 0 Å². The van der Waals surface area contributed by atoms with Gasteiger partial charge < -0.3 is 0 Å². The molecule has 1 aliphatic rings. The number of aldehydes is 1. The molecular weight excluding hydrogens is 112 g/mol. The summed E-state index contributed by atoms with van der Waals surface area (Å²) in [7, 11) is 0. The summed E-state index contributed by atoms with van der Waals surface area (Å²) in [6, 6.07) is 0. The lowest BCUT2D eigenvalue weighted by Gasteiger charge is -2.11. The van der Waals surface area contributed by atoms with E-state index in [1.165, 1.54) is 18.4 Å². The Hall–Kier alpha value is -0.590. The van der Waals surface area contributed by atoms with Crippen LogP contribution in [0.5, 0.6) is 0 Å². The summed E-state index contributed by atoms with van der Waals surface area (Å²) in [6.07, 6.45) is 5.62. The van der Waals surface area contributed by atoms with E-state index < -0.39 is 0 Å². The minimum Gasteiger partial charge on any atom is -0.298 e. The molecule has 0 N–H and O–H groups in total. The van der Waals surface area contributed by atoms with Gasteiger partial charge >= 0.3 is 0 Å². The maximum Gasteiger partial charge on any atom is 0.145 e. The van der Waals surface area contributed by atoms with Crippen LogP contribution in [0.2, 0.25) is 0 Å². The lowest BCUT2D eigenvalue weighted by Crippen LogP contribution is -1.97. The van der Waals surface area contributed by atoms with E-state index in [4.69, 9.17) is 0 Å². The number of rotatable bonds is 1. The van der Waals surface area contributed by atoms with Crippen LogP contribution in [0, 0.1) is 0 Å². The van der Waals surface area contributed by atoms with E-state index in [9.17, 15) is 4.79 Å². The summed E-state index contributed by atoms with van der Waals surface area (Å²) in [5, 5.41) is 0. The number of hydrogen-bond donors (Lipinski definition) is 0. The van der Waals surface area contributed by atoms with E-state index in [0.29, 0.717) is 0 Å². The molecule has 1 rings (SSSR count). The van der Waals surface area contributed by atoms with E-state index in [0.717, 1.165) is 24.7 Å². The first kappa shape index (κ1) is 6.53. The van der Waals surface area contributed by atoms with Gasteiger partial charge in [-0.15, -0.1) is 0 Å². The lowest BCUT2D eigenvalue weighted by molar-refractivity contribution is -0.105. The van der Waals surface area contributed by atoms with E-state index in [1.807, 2.05) is 0 Å². The Morgan fingerprint density at radius 1 is 1.33 bits per heavy atom. The molecule has 50 valence electrons. The molecule has 0 saturated carbocycles. The van der Waals surface area contributed by atoms with Gasteiger partial charge in [-0.1, -0.05) is 5.57 Å². The van der Waals surface area contributed by atoms with Crippen LogP contribution in [0.3, 0.4) is 0 Å². The largest absolute Gasteiger partial charge is 0.298 e. The Bertz CT molecular complexity index is 145. The highest BCUT2D eigenvalue weighted by molar-refractivity contribution is 5.74. The van der Waals surface area contributed by atoms with Gasteiger partial charge in [-0.3, -0.25) is 4.79 Å². The Kier molecular flexibility index (Phi) is 2.04. The van der Waals surface area contributed by atoms with Gasteiger partial charge in [0.15, 0.2) is 0 Å². The molecule has 0 atom stereocenters. The number of allylic oxidation sites excluding steroid dienone is 2. The SMILES string of the molecule is CC1=C(C=O)CCCC1. The first-order chi connectivity index (χ1) is 4.34. The van der Waals surface area contributed by atoms with Crippen LogP contribution in [-0.2, 0) is 4.79 Å². The fourth-order valence-corrected chi connectivity index (χ4v) is 1.24. The molecule has 1 nitrogen and oxygen atoms in total. The Labute approximate surface area is 55.8 Å². The summed E-state index contributed by atoms with van der Waals surface area (Å²) >= 11 is 0. The van der Waals surface area contributed by atoms with Crippen LogP contribution in [0.15, 0.2) is 11.1 Å². The van der Waals surface area contributed by atoms with Crippen LogP contribution in [-0.4, -0.2) is 6.29 Å². The van der Waals surface area contributed by atoms with Gasteiger partial charge in [0.25, 0.3) is 0 Å². The minimum atomic E-state index is 1.01. The zero-order valence-corrected chi connectivity index (χ0v) is 5.81. The first-order valence-electron chi connectivity index (χ1n) is 3.48. The second-order valence-electron chi connectivity index (χ2n) is 2.63. The third-order valence-electron chi connectivity index (χ3n) is 1.94. The molecule has 1 heteroatoms. The quantitative estimate of drug-likeness (QED) is 0.489. The molecule has 0 bridgehead atoms. The summed E-state index contributed by atoms with van der Waals surface area (Å²) in [5.41, 5.74) is 2.34. The van der Waals surface area contributed by atoms with Gasteiger partial charge in [0, 0.05) is 0 Å². The number of hydrogen-bond acceptors (Lipinski definition) is 1. The molecule has 9 heavy (non-hydrogen) atoms. The van der Waals surface area contributed by atoms with Crippen molar-refractivity contribution in [3.05, 3.63) is 11.1 Å². The van der Waals surface area contributed by atoms with Crippen LogP contribution < -0.4 is 0 Å². The molecule has 0 aliphatic heterocycles. The molecule has 0 spiro atoms. The van der Waals surface area contributed by atoms with E-state index in [-0.39, 0.29) is 0 Å². The van der Waals surface area contributed by atoms with E-state index in [2.05, 4.69) is 6.92 Å². The van der Waals surface area contributed by atoms with Crippen LogP contribution in [0.4, 0.5) is 0 Å². The van der Waals surface area contributed by atoms with Crippen molar-refractivity contribution in [2.24, 2.45) is 0 Å². The molecule has 0 aromatic carbocycles. The third kappa shape index (κ3) is 1.41. The Morgan fingerprint density at radius 2 is 2.00 bits per heavy atom. The second kappa shape index (κ2) is 2.81. The average molecular weight is 124 g/mol.